The first kappa shape index (κ1) is 13.5. The minimum atomic E-state index is -0.130. The summed E-state index contributed by atoms with van der Waals surface area (Å²) >= 11 is 0. The molecule has 1 aliphatic rings. The standard InChI is InChI=1S/C12H19N5O2/c1-8-10(3-4-14-8)12(19)16-9-5-15-17(6-9)7-11(18)13-2/h5-6,8,10,14H,3-4,7H2,1-2H3,(H,13,18)(H,16,19). The molecule has 7 nitrogen and oxygen atoms in total. The lowest BCUT2D eigenvalue weighted by Gasteiger charge is -2.13. The van der Waals surface area contributed by atoms with Crippen LogP contribution in [0.2, 0.25) is 0 Å². The quantitative estimate of drug-likeness (QED) is 0.689. The topological polar surface area (TPSA) is 88.0 Å². The maximum absolute atomic E-state index is 12.0. The highest BCUT2D eigenvalue weighted by atomic mass is 16.2. The second kappa shape index (κ2) is 5.83. The first-order valence-electron chi connectivity index (χ1n) is 6.37. The van der Waals surface area contributed by atoms with E-state index < -0.39 is 0 Å². The van der Waals surface area contributed by atoms with Crippen molar-refractivity contribution < 1.29 is 9.59 Å². The van der Waals surface area contributed by atoms with Crippen molar-refractivity contribution in [3.8, 4) is 0 Å². The molecule has 0 saturated carbocycles. The Morgan fingerprint density at radius 1 is 1.58 bits per heavy atom. The number of rotatable bonds is 4. The summed E-state index contributed by atoms with van der Waals surface area (Å²) in [6, 6.07) is 0.195. The van der Waals surface area contributed by atoms with Gasteiger partial charge in [0.1, 0.15) is 6.54 Å². The van der Waals surface area contributed by atoms with Gasteiger partial charge in [-0.1, -0.05) is 0 Å². The van der Waals surface area contributed by atoms with Gasteiger partial charge >= 0.3 is 0 Å². The second-order valence-electron chi connectivity index (χ2n) is 4.73. The highest BCUT2D eigenvalue weighted by Crippen LogP contribution is 2.17. The number of nitrogens with one attached hydrogen (secondary N) is 3. The number of carbonyl (C=O) groups excluding carboxylic acids is 2. The van der Waals surface area contributed by atoms with E-state index in [1.807, 2.05) is 6.92 Å². The van der Waals surface area contributed by atoms with Gasteiger partial charge in [0.25, 0.3) is 0 Å². The van der Waals surface area contributed by atoms with Crippen molar-refractivity contribution in [1.82, 2.24) is 20.4 Å². The molecule has 19 heavy (non-hydrogen) atoms. The van der Waals surface area contributed by atoms with E-state index in [1.165, 1.54) is 4.68 Å². The van der Waals surface area contributed by atoms with E-state index in [0.29, 0.717) is 5.69 Å². The van der Waals surface area contributed by atoms with Crippen molar-refractivity contribution in [3.63, 3.8) is 0 Å². The van der Waals surface area contributed by atoms with E-state index >= 15 is 0 Å². The van der Waals surface area contributed by atoms with Gasteiger partial charge in [0.15, 0.2) is 0 Å². The third-order valence-electron chi connectivity index (χ3n) is 3.35. The van der Waals surface area contributed by atoms with Crippen molar-refractivity contribution in [2.45, 2.75) is 25.9 Å². The molecule has 0 bridgehead atoms. The predicted molar refractivity (Wildman–Crippen MR) is 70.5 cm³/mol. The molecular formula is C12H19N5O2. The van der Waals surface area contributed by atoms with Crippen molar-refractivity contribution in [2.24, 2.45) is 5.92 Å². The summed E-state index contributed by atoms with van der Waals surface area (Å²) in [7, 11) is 1.57. The minimum absolute atomic E-state index is 0.00278. The lowest BCUT2D eigenvalue weighted by Crippen LogP contribution is -2.31. The molecule has 3 N–H and O–H groups in total. The fraction of sp³-hybridized carbons (Fsp3) is 0.583. The fourth-order valence-electron chi connectivity index (χ4n) is 2.19. The monoisotopic (exact) mass is 265 g/mol. The van der Waals surface area contributed by atoms with Crippen LogP contribution in [-0.4, -0.2) is 41.2 Å². The number of nitrogens with zero attached hydrogens (tertiary/aromatic N) is 2. The van der Waals surface area contributed by atoms with Crippen LogP contribution < -0.4 is 16.0 Å². The van der Waals surface area contributed by atoms with Crippen molar-refractivity contribution in [2.75, 3.05) is 18.9 Å². The molecule has 1 fully saturated rings. The van der Waals surface area contributed by atoms with Crippen LogP contribution in [0.1, 0.15) is 13.3 Å². The normalized spacial score (nSPS) is 22.2. The maximum Gasteiger partial charge on any atom is 0.241 e. The summed E-state index contributed by atoms with van der Waals surface area (Å²) < 4.78 is 1.49. The van der Waals surface area contributed by atoms with E-state index in [9.17, 15) is 9.59 Å². The van der Waals surface area contributed by atoms with Gasteiger partial charge in [0, 0.05) is 19.3 Å². The first-order chi connectivity index (χ1) is 9.10. The van der Waals surface area contributed by atoms with Crippen LogP contribution in [0.15, 0.2) is 12.4 Å². The summed E-state index contributed by atoms with van der Waals surface area (Å²) in [6.45, 7) is 3.02. The van der Waals surface area contributed by atoms with Crippen LogP contribution in [0.3, 0.4) is 0 Å². The lowest BCUT2D eigenvalue weighted by atomic mass is 10.0. The molecule has 7 heteroatoms. The SMILES string of the molecule is CNC(=O)Cn1cc(NC(=O)C2CCNC2C)cn1. The van der Waals surface area contributed by atoms with Crippen LogP contribution in [0.4, 0.5) is 5.69 Å². The Labute approximate surface area is 111 Å². The molecule has 0 radical (unpaired) electrons. The van der Waals surface area contributed by atoms with Crippen molar-refractivity contribution >= 4 is 17.5 Å². The Morgan fingerprint density at radius 3 is 3.00 bits per heavy atom. The first-order valence-corrected chi connectivity index (χ1v) is 6.37. The highest BCUT2D eigenvalue weighted by Gasteiger charge is 2.29. The van der Waals surface area contributed by atoms with Gasteiger partial charge < -0.3 is 16.0 Å². The molecule has 0 aliphatic carbocycles. The zero-order chi connectivity index (χ0) is 13.8. The van der Waals surface area contributed by atoms with E-state index in [-0.39, 0.29) is 30.3 Å². The smallest absolute Gasteiger partial charge is 0.241 e. The molecule has 2 atom stereocenters. The zero-order valence-corrected chi connectivity index (χ0v) is 11.1. The van der Waals surface area contributed by atoms with Gasteiger partial charge in [-0.3, -0.25) is 14.3 Å². The van der Waals surface area contributed by atoms with Crippen LogP contribution in [-0.2, 0) is 16.1 Å². The van der Waals surface area contributed by atoms with Crippen LogP contribution in [0, 0.1) is 5.92 Å². The Morgan fingerprint density at radius 2 is 2.37 bits per heavy atom. The molecular weight excluding hydrogens is 246 g/mol. The van der Waals surface area contributed by atoms with Crippen molar-refractivity contribution in [1.29, 1.82) is 0 Å². The largest absolute Gasteiger partial charge is 0.358 e. The summed E-state index contributed by atoms with van der Waals surface area (Å²) in [5, 5.41) is 12.6. The van der Waals surface area contributed by atoms with E-state index in [4.69, 9.17) is 0 Å². The Hall–Kier alpha value is -1.89. The Kier molecular flexibility index (Phi) is 4.16. The molecule has 1 aliphatic heterocycles. The average Bonchev–Trinajstić information content (AvgIpc) is 2.98. The van der Waals surface area contributed by atoms with Crippen LogP contribution in [0.25, 0.3) is 0 Å². The molecule has 2 heterocycles. The Bertz CT molecular complexity index is 470. The minimum Gasteiger partial charge on any atom is -0.358 e. The number of anilines is 1. The third kappa shape index (κ3) is 3.31. The zero-order valence-electron chi connectivity index (χ0n) is 11.1. The second-order valence-corrected chi connectivity index (χ2v) is 4.73. The summed E-state index contributed by atoms with van der Waals surface area (Å²) in [4.78, 5) is 23.2. The highest BCUT2D eigenvalue weighted by molar-refractivity contribution is 5.93. The van der Waals surface area contributed by atoms with Gasteiger partial charge in [-0.25, -0.2) is 0 Å². The number of aromatic nitrogens is 2. The van der Waals surface area contributed by atoms with E-state index in [2.05, 4.69) is 21.0 Å². The summed E-state index contributed by atoms with van der Waals surface area (Å²) in [5.41, 5.74) is 0.619. The lowest BCUT2D eigenvalue weighted by molar-refractivity contribution is -0.121. The molecule has 2 amide bonds. The van der Waals surface area contributed by atoms with E-state index in [0.717, 1.165) is 13.0 Å². The van der Waals surface area contributed by atoms with E-state index in [1.54, 1.807) is 19.4 Å². The molecule has 2 unspecified atom stereocenters. The van der Waals surface area contributed by atoms with Gasteiger partial charge in [0.05, 0.1) is 17.8 Å². The number of likely N-dealkylation sites (N-methyl/N-ethyl adjacent to an activating group) is 1. The Balaban J connectivity index is 1.92. The number of hydrogen-bond donors (Lipinski definition) is 3. The molecule has 0 spiro atoms. The molecule has 0 aromatic carbocycles. The van der Waals surface area contributed by atoms with Crippen LogP contribution in [0.5, 0.6) is 0 Å². The maximum atomic E-state index is 12.0. The fourth-order valence-corrected chi connectivity index (χ4v) is 2.19. The molecule has 1 saturated heterocycles. The van der Waals surface area contributed by atoms with Gasteiger partial charge in [-0.05, 0) is 19.9 Å². The van der Waals surface area contributed by atoms with Gasteiger partial charge in [-0.2, -0.15) is 5.10 Å². The van der Waals surface area contributed by atoms with Gasteiger partial charge in [0.2, 0.25) is 11.8 Å². The summed E-state index contributed by atoms with van der Waals surface area (Å²) in [5.74, 6) is -0.145. The molecule has 1 aromatic heterocycles. The molecule has 1 aromatic rings. The molecule has 2 rings (SSSR count). The number of amides is 2. The third-order valence-corrected chi connectivity index (χ3v) is 3.35. The van der Waals surface area contributed by atoms with Crippen molar-refractivity contribution in [3.05, 3.63) is 12.4 Å². The number of hydrogen-bond acceptors (Lipinski definition) is 4. The number of carbonyl (C=O) groups is 2. The van der Waals surface area contributed by atoms with Crippen LogP contribution >= 0.6 is 0 Å². The average molecular weight is 265 g/mol. The predicted octanol–water partition coefficient (Wildman–Crippen LogP) is -0.434. The van der Waals surface area contributed by atoms with Gasteiger partial charge in [-0.15, -0.1) is 0 Å². The molecule has 104 valence electrons. The summed E-state index contributed by atoms with van der Waals surface area (Å²) in [6.07, 6.45) is 4.05.